The van der Waals surface area contributed by atoms with Crippen LogP contribution in [0.25, 0.3) is 0 Å². The first-order valence-electron chi connectivity index (χ1n) is 3.73. The molecule has 13 heavy (non-hydrogen) atoms. The largest absolute Gasteiger partial charge is 0.506 e. The van der Waals surface area contributed by atoms with E-state index in [0.717, 1.165) is 0 Å². The number of nitriles is 1. The first kappa shape index (κ1) is 9.36. The fraction of sp³-hybridized carbons (Fsp3) is 0.222. The third-order valence-electron chi connectivity index (χ3n) is 1.74. The van der Waals surface area contributed by atoms with Crippen LogP contribution in [0.1, 0.15) is 11.1 Å². The standard InChI is InChI=1S/C9H10N2O2/c1-13-9-3-8(12)6(4-10)2-7(9)5-11/h2-3,12H,5,11H2,1H3. The van der Waals surface area contributed by atoms with E-state index in [2.05, 4.69) is 0 Å². The Bertz CT molecular complexity index is 355. The second kappa shape index (κ2) is 3.78. The molecule has 1 aromatic rings. The molecule has 4 heteroatoms. The van der Waals surface area contributed by atoms with Gasteiger partial charge in [0.2, 0.25) is 0 Å². The van der Waals surface area contributed by atoms with Crippen LogP contribution in [-0.4, -0.2) is 12.2 Å². The first-order valence-corrected chi connectivity index (χ1v) is 3.73. The van der Waals surface area contributed by atoms with Crippen LogP contribution < -0.4 is 10.5 Å². The summed E-state index contributed by atoms with van der Waals surface area (Å²) < 4.78 is 4.97. The highest BCUT2D eigenvalue weighted by Crippen LogP contribution is 2.27. The first-order chi connectivity index (χ1) is 6.22. The summed E-state index contributed by atoms with van der Waals surface area (Å²) in [5.74, 6) is 0.413. The molecule has 68 valence electrons. The minimum absolute atomic E-state index is 0.0865. The van der Waals surface area contributed by atoms with Crippen LogP contribution in [0, 0.1) is 11.3 Å². The maximum atomic E-state index is 9.30. The molecule has 0 spiro atoms. The van der Waals surface area contributed by atoms with Crippen LogP contribution >= 0.6 is 0 Å². The van der Waals surface area contributed by atoms with Gasteiger partial charge >= 0.3 is 0 Å². The third-order valence-corrected chi connectivity index (χ3v) is 1.74. The number of phenols is 1. The number of rotatable bonds is 2. The van der Waals surface area contributed by atoms with E-state index in [4.69, 9.17) is 15.7 Å². The fourth-order valence-electron chi connectivity index (χ4n) is 1.05. The number of hydrogen-bond donors (Lipinski definition) is 2. The van der Waals surface area contributed by atoms with Crippen molar-refractivity contribution in [3.05, 3.63) is 23.3 Å². The average Bonchev–Trinajstić information content (AvgIpc) is 2.17. The molecule has 0 saturated carbocycles. The minimum Gasteiger partial charge on any atom is -0.506 e. The Morgan fingerprint density at radius 2 is 2.31 bits per heavy atom. The molecule has 0 aromatic heterocycles. The van der Waals surface area contributed by atoms with Crippen molar-refractivity contribution in [1.82, 2.24) is 0 Å². The normalized spacial score (nSPS) is 9.31. The maximum Gasteiger partial charge on any atom is 0.137 e. The molecule has 0 aliphatic rings. The highest BCUT2D eigenvalue weighted by Gasteiger charge is 2.07. The smallest absolute Gasteiger partial charge is 0.137 e. The SMILES string of the molecule is COc1cc(O)c(C#N)cc1CN. The van der Waals surface area contributed by atoms with Gasteiger partial charge in [0.05, 0.1) is 12.7 Å². The highest BCUT2D eigenvalue weighted by molar-refractivity contribution is 5.51. The minimum atomic E-state index is -0.0865. The van der Waals surface area contributed by atoms with Gasteiger partial charge in [-0.15, -0.1) is 0 Å². The van der Waals surface area contributed by atoms with Crippen LogP contribution in [0.3, 0.4) is 0 Å². The zero-order valence-corrected chi connectivity index (χ0v) is 7.24. The number of ether oxygens (including phenoxy) is 1. The second-order valence-corrected chi connectivity index (χ2v) is 2.50. The third kappa shape index (κ3) is 1.71. The van der Waals surface area contributed by atoms with Crippen molar-refractivity contribution in [1.29, 1.82) is 5.26 Å². The second-order valence-electron chi connectivity index (χ2n) is 2.50. The van der Waals surface area contributed by atoms with Crippen LogP contribution in [0.4, 0.5) is 0 Å². The van der Waals surface area contributed by atoms with Crippen LogP contribution in [0.15, 0.2) is 12.1 Å². The Morgan fingerprint density at radius 3 is 2.77 bits per heavy atom. The summed E-state index contributed by atoms with van der Waals surface area (Å²) in [6.07, 6.45) is 0. The average molecular weight is 178 g/mol. The number of nitrogens with two attached hydrogens (primary N) is 1. The van der Waals surface area contributed by atoms with Crippen LogP contribution in [0.5, 0.6) is 11.5 Å². The molecule has 0 aliphatic heterocycles. The summed E-state index contributed by atoms with van der Waals surface area (Å²) in [7, 11) is 1.49. The molecule has 0 radical (unpaired) electrons. The van der Waals surface area contributed by atoms with Crippen LogP contribution in [-0.2, 0) is 6.54 Å². The lowest BCUT2D eigenvalue weighted by Gasteiger charge is -2.07. The van der Waals surface area contributed by atoms with Gasteiger partial charge in [0, 0.05) is 18.2 Å². The molecule has 0 bridgehead atoms. The number of nitrogens with zero attached hydrogens (tertiary/aromatic N) is 1. The lowest BCUT2D eigenvalue weighted by atomic mass is 10.1. The Hall–Kier alpha value is -1.73. The molecule has 0 unspecified atom stereocenters. The van der Waals surface area contributed by atoms with E-state index in [0.29, 0.717) is 11.3 Å². The predicted octanol–water partition coefficient (Wildman–Crippen LogP) is 0.731. The van der Waals surface area contributed by atoms with Crippen molar-refractivity contribution in [2.24, 2.45) is 5.73 Å². The van der Waals surface area contributed by atoms with Gasteiger partial charge in [0.1, 0.15) is 17.6 Å². The lowest BCUT2D eigenvalue weighted by molar-refractivity contribution is 0.402. The molecule has 3 N–H and O–H groups in total. The molecule has 0 fully saturated rings. The summed E-state index contributed by atoms with van der Waals surface area (Å²) in [5.41, 5.74) is 6.34. The van der Waals surface area contributed by atoms with Crippen LogP contribution in [0.2, 0.25) is 0 Å². The van der Waals surface area contributed by atoms with Gasteiger partial charge < -0.3 is 15.6 Å². The summed E-state index contributed by atoms with van der Waals surface area (Å²) in [6.45, 7) is 0.276. The molecule has 0 aliphatic carbocycles. The van der Waals surface area contributed by atoms with Gasteiger partial charge in [-0.3, -0.25) is 0 Å². The van der Waals surface area contributed by atoms with Gasteiger partial charge in [0.15, 0.2) is 0 Å². The number of hydrogen-bond acceptors (Lipinski definition) is 4. The lowest BCUT2D eigenvalue weighted by Crippen LogP contribution is -2.00. The Morgan fingerprint density at radius 1 is 1.62 bits per heavy atom. The molecule has 0 heterocycles. The van der Waals surface area contributed by atoms with Crippen molar-refractivity contribution in [2.75, 3.05) is 7.11 Å². The zero-order chi connectivity index (χ0) is 9.84. The van der Waals surface area contributed by atoms with E-state index in [-0.39, 0.29) is 17.9 Å². The molecule has 4 nitrogen and oxygen atoms in total. The van der Waals surface area contributed by atoms with Gasteiger partial charge in [-0.05, 0) is 6.07 Å². The van der Waals surface area contributed by atoms with E-state index in [9.17, 15) is 5.11 Å². The predicted molar refractivity (Wildman–Crippen MR) is 47.3 cm³/mol. The van der Waals surface area contributed by atoms with E-state index in [1.807, 2.05) is 6.07 Å². The van der Waals surface area contributed by atoms with Gasteiger partial charge in [-0.25, -0.2) is 0 Å². The van der Waals surface area contributed by atoms with Gasteiger partial charge in [-0.2, -0.15) is 5.26 Å². The molecular weight excluding hydrogens is 168 g/mol. The van der Waals surface area contributed by atoms with Gasteiger partial charge in [-0.1, -0.05) is 0 Å². The van der Waals surface area contributed by atoms with Crippen molar-refractivity contribution in [2.45, 2.75) is 6.54 Å². The fourth-order valence-corrected chi connectivity index (χ4v) is 1.05. The quantitative estimate of drug-likeness (QED) is 0.699. The van der Waals surface area contributed by atoms with Crippen molar-refractivity contribution >= 4 is 0 Å². The van der Waals surface area contributed by atoms with E-state index in [1.54, 1.807) is 0 Å². The maximum absolute atomic E-state index is 9.30. The Balaban J connectivity index is 3.28. The number of methoxy groups -OCH3 is 1. The zero-order valence-electron chi connectivity index (χ0n) is 7.24. The van der Waals surface area contributed by atoms with Crippen molar-refractivity contribution in [3.63, 3.8) is 0 Å². The monoisotopic (exact) mass is 178 g/mol. The van der Waals surface area contributed by atoms with Crippen molar-refractivity contribution < 1.29 is 9.84 Å². The molecular formula is C9H10N2O2. The van der Waals surface area contributed by atoms with Gasteiger partial charge in [0.25, 0.3) is 0 Å². The number of benzene rings is 1. The summed E-state index contributed by atoms with van der Waals surface area (Å²) in [5, 5.41) is 17.9. The van der Waals surface area contributed by atoms with E-state index in [1.165, 1.54) is 19.2 Å². The number of phenolic OH excluding ortho intramolecular Hbond substituents is 1. The van der Waals surface area contributed by atoms with Crippen molar-refractivity contribution in [3.8, 4) is 17.6 Å². The Kier molecular flexibility index (Phi) is 2.72. The molecule has 0 amide bonds. The molecule has 0 saturated heterocycles. The topological polar surface area (TPSA) is 79.3 Å². The summed E-state index contributed by atoms with van der Waals surface area (Å²) in [4.78, 5) is 0. The molecule has 0 atom stereocenters. The van der Waals surface area contributed by atoms with E-state index < -0.39 is 0 Å². The summed E-state index contributed by atoms with van der Waals surface area (Å²) >= 11 is 0. The summed E-state index contributed by atoms with van der Waals surface area (Å²) in [6, 6.07) is 4.77. The Labute approximate surface area is 76.2 Å². The van der Waals surface area contributed by atoms with E-state index >= 15 is 0 Å². The number of aromatic hydroxyl groups is 1. The highest BCUT2D eigenvalue weighted by atomic mass is 16.5. The molecule has 1 rings (SSSR count). The molecule has 1 aromatic carbocycles.